The van der Waals surface area contributed by atoms with Gasteiger partial charge in [-0.05, 0) is 45.3 Å². The maximum absolute atomic E-state index is 12.1. The molecule has 2 rings (SSSR count). The van der Waals surface area contributed by atoms with E-state index in [1.165, 1.54) is 0 Å². The summed E-state index contributed by atoms with van der Waals surface area (Å²) in [4.78, 5) is 22.6. The van der Waals surface area contributed by atoms with Crippen LogP contribution < -0.4 is 10.6 Å². The van der Waals surface area contributed by atoms with Crippen molar-refractivity contribution in [2.45, 2.75) is 6.42 Å². The van der Waals surface area contributed by atoms with Crippen molar-refractivity contribution < 1.29 is 4.79 Å². The van der Waals surface area contributed by atoms with E-state index >= 15 is 0 Å². The average molecular weight is 299 g/mol. The second kappa shape index (κ2) is 8.09. The van der Waals surface area contributed by atoms with Gasteiger partial charge < -0.3 is 15.5 Å². The van der Waals surface area contributed by atoms with Crippen LogP contribution in [0, 0.1) is 0 Å². The molecular formula is C16H21N5O. The minimum Gasteiger partial charge on any atom is -0.354 e. The molecule has 0 radical (unpaired) electrons. The first-order valence-electron chi connectivity index (χ1n) is 7.23. The molecule has 1 amide bonds. The molecule has 0 spiro atoms. The summed E-state index contributed by atoms with van der Waals surface area (Å²) in [5.41, 5.74) is 1.08. The minimum atomic E-state index is -0.245. The lowest BCUT2D eigenvalue weighted by Crippen LogP contribution is -2.18. The Morgan fingerprint density at radius 3 is 2.68 bits per heavy atom. The highest BCUT2D eigenvalue weighted by molar-refractivity contribution is 6.02. The third-order valence-electron chi connectivity index (χ3n) is 2.99. The van der Waals surface area contributed by atoms with Gasteiger partial charge in [0.1, 0.15) is 5.69 Å². The third kappa shape index (κ3) is 5.14. The molecule has 2 aromatic rings. The van der Waals surface area contributed by atoms with E-state index in [1.54, 1.807) is 12.3 Å². The maximum Gasteiger partial charge on any atom is 0.274 e. The lowest BCUT2D eigenvalue weighted by Gasteiger charge is -2.10. The number of hydrogen-bond donors (Lipinski definition) is 2. The molecule has 0 aliphatic carbocycles. The van der Waals surface area contributed by atoms with Gasteiger partial charge in [0.15, 0.2) is 0 Å². The van der Waals surface area contributed by atoms with Crippen LogP contribution in [0.5, 0.6) is 0 Å². The summed E-state index contributed by atoms with van der Waals surface area (Å²) in [5.74, 6) is 0.226. The van der Waals surface area contributed by atoms with Crippen molar-refractivity contribution in [2.24, 2.45) is 0 Å². The highest BCUT2D eigenvalue weighted by Gasteiger charge is 2.08. The van der Waals surface area contributed by atoms with Gasteiger partial charge in [0.05, 0.1) is 0 Å². The van der Waals surface area contributed by atoms with Crippen LogP contribution in [0.1, 0.15) is 16.9 Å². The van der Waals surface area contributed by atoms with Gasteiger partial charge in [-0.2, -0.15) is 0 Å². The fourth-order valence-electron chi connectivity index (χ4n) is 1.88. The fraction of sp³-hybridized carbons (Fsp3) is 0.312. The summed E-state index contributed by atoms with van der Waals surface area (Å²) in [6, 6.07) is 10.9. The molecule has 6 heteroatoms. The number of rotatable bonds is 7. The molecule has 1 aromatic carbocycles. The first-order valence-corrected chi connectivity index (χ1v) is 7.23. The van der Waals surface area contributed by atoms with Crippen LogP contribution in [0.3, 0.4) is 0 Å². The van der Waals surface area contributed by atoms with Crippen LogP contribution in [-0.2, 0) is 0 Å². The number of hydrogen-bond acceptors (Lipinski definition) is 5. The van der Waals surface area contributed by atoms with Gasteiger partial charge in [0, 0.05) is 18.4 Å². The van der Waals surface area contributed by atoms with Crippen molar-refractivity contribution in [2.75, 3.05) is 37.8 Å². The van der Waals surface area contributed by atoms with Crippen molar-refractivity contribution in [3.05, 3.63) is 48.3 Å². The Morgan fingerprint density at radius 2 is 1.95 bits per heavy atom. The smallest absolute Gasteiger partial charge is 0.274 e. The third-order valence-corrected chi connectivity index (χ3v) is 2.99. The zero-order chi connectivity index (χ0) is 15.8. The Bertz CT molecular complexity index is 600. The summed E-state index contributed by atoms with van der Waals surface area (Å²) >= 11 is 0. The molecule has 0 saturated heterocycles. The van der Waals surface area contributed by atoms with Crippen LogP contribution in [0.15, 0.2) is 42.6 Å². The van der Waals surface area contributed by atoms with Gasteiger partial charge >= 0.3 is 0 Å². The molecular weight excluding hydrogens is 278 g/mol. The summed E-state index contributed by atoms with van der Waals surface area (Å²) in [6.07, 6.45) is 2.57. The number of nitrogens with zero attached hydrogens (tertiary/aromatic N) is 3. The molecule has 1 heterocycles. The molecule has 0 aliphatic heterocycles. The number of nitrogens with one attached hydrogen (secondary N) is 2. The lowest BCUT2D eigenvalue weighted by molar-refractivity contribution is 0.102. The van der Waals surface area contributed by atoms with E-state index in [-0.39, 0.29) is 5.91 Å². The average Bonchev–Trinajstić information content (AvgIpc) is 2.53. The molecule has 2 N–H and O–H groups in total. The molecule has 1 aromatic heterocycles. The predicted molar refractivity (Wildman–Crippen MR) is 88.1 cm³/mol. The van der Waals surface area contributed by atoms with Crippen LogP contribution >= 0.6 is 0 Å². The Balaban J connectivity index is 1.91. The van der Waals surface area contributed by atoms with Crippen molar-refractivity contribution in [1.29, 1.82) is 0 Å². The fourth-order valence-corrected chi connectivity index (χ4v) is 1.88. The second-order valence-corrected chi connectivity index (χ2v) is 5.17. The summed E-state index contributed by atoms with van der Waals surface area (Å²) in [6.45, 7) is 1.75. The number of anilines is 2. The van der Waals surface area contributed by atoms with E-state index < -0.39 is 0 Å². The zero-order valence-corrected chi connectivity index (χ0v) is 12.9. The zero-order valence-electron chi connectivity index (χ0n) is 12.9. The number of aromatic nitrogens is 2. The minimum absolute atomic E-state index is 0.245. The van der Waals surface area contributed by atoms with E-state index in [1.807, 2.05) is 44.4 Å². The highest BCUT2D eigenvalue weighted by Crippen LogP contribution is 2.08. The van der Waals surface area contributed by atoms with E-state index in [4.69, 9.17) is 0 Å². The molecule has 6 nitrogen and oxygen atoms in total. The molecule has 0 saturated carbocycles. The van der Waals surface area contributed by atoms with Crippen molar-refractivity contribution in [1.82, 2.24) is 14.9 Å². The summed E-state index contributed by atoms with van der Waals surface area (Å²) in [7, 11) is 4.07. The lowest BCUT2D eigenvalue weighted by atomic mass is 10.3. The van der Waals surface area contributed by atoms with Crippen LogP contribution in [-0.4, -0.2) is 48.0 Å². The van der Waals surface area contributed by atoms with E-state index in [0.29, 0.717) is 11.6 Å². The molecule has 0 unspecified atom stereocenters. The van der Waals surface area contributed by atoms with Crippen molar-refractivity contribution in [3.63, 3.8) is 0 Å². The van der Waals surface area contributed by atoms with Crippen molar-refractivity contribution in [3.8, 4) is 0 Å². The second-order valence-electron chi connectivity index (χ2n) is 5.17. The van der Waals surface area contributed by atoms with Gasteiger partial charge in [0.25, 0.3) is 5.91 Å². The Labute approximate surface area is 130 Å². The number of para-hydroxylation sites is 1. The first-order chi connectivity index (χ1) is 10.6. The van der Waals surface area contributed by atoms with E-state index in [9.17, 15) is 4.79 Å². The van der Waals surface area contributed by atoms with Gasteiger partial charge in [0.2, 0.25) is 5.95 Å². The van der Waals surface area contributed by atoms with Gasteiger partial charge in [-0.15, -0.1) is 0 Å². The quantitative estimate of drug-likeness (QED) is 0.766. The molecule has 116 valence electrons. The highest BCUT2D eigenvalue weighted by atomic mass is 16.1. The largest absolute Gasteiger partial charge is 0.354 e. The normalized spacial score (nSPS) is 10.5. The van der Waals surface area contributed by atoms with Gasteiger partial charge in [-0.25, -0.2) is 9.97 Å². The molecule has 0 aliphatic rings. The molecule has 0 bridgehead atoms. The summed E-state index contributed by atoms with van der Waals surface area (Å²) < 4.78 is 0. The Hall–Kier alpha value is -2.47. The van der Waals surface area contributed by atoms with Crippen LogP contribution in [0.2, 0.25) is 0 Å². The predicted octanol–water partition coefficient (Wildman–Crippen LogP) is 2.09. The number of carbonyl (C=O) groups excluding carboxylic acids is 1. The topological polar surface area (TPSA) is 70.2 Å². The van der Waals surface area contributed by atoms with Crippen LogP contribution in [0.25, 0.3) is 0 Å². The van der Waals surface area contributed by atoms with Crippen LogP contribution in [0.4, 0.5) is 11.6 Å². The van der Waals surface area contributed by atoms with E-state index in [2.05, 4.69) is 25.5 Å². The number of carbonyl (C=O) groups is 1. The van der Waals surface area contributed by atoms with E-state index in [0.717, 1.165) is 25.2 Å². The Kier molecular flexibility index (Phi) is 5.85. The number of benzene rings is 1. The molecule has 0 fully saturated rings. The first kappa shape index (κ1) is 15.9. The van der Waals surface area contributed by atoms with Crippen molar-refractivity contribution >= 4 is 17.5 Å². The maximum atomic E-state index is 12.1. The summed E-state index contributed by atoms with van der Waals surface area (Å²) in [5, 5.41) is 5.93. The van der Waals surface area contributed by atoms with Gasteiger partial charge in [-0.3, -0.25) is 4.79 Å². The number of amides is 1. The molecule has 22 heavy (non-hydrogen) atoms. The standard InChI is InChI=1S/C16H21N5O/c1-21(2)12-6-10-17-16-18-11-9-14(20-16)15(22)19-13-7-4-3-5-8-13/h3-5,7-9,11H,6,10,12H2,1-2H3,(H,19,22)(H,17,18,20). The monoisotopic (exact) mass is 299 g/mol. The SMILES string of the molecule is CN(C)CCCNc1nccc(C(=O)Nc2ccccc2)n1. The molecule has 0 atom stereocenters. The van der Waals surface area contributed by atoms with Gasteiger partial charge in [-0.1, -0.05) is 18.2 Å². The Morgan fingerprint density at radius 1 is 1.18 bits per heavy atom.